The molecule has 1 unspecified atom stereocenters. The van der Waals surface area contributed by atoms with Crippen LogP contribution in [0, 0.1) is 19.3 Å². The Labute approximate surface area is 217 Å². The molecule has 1 fully saturated rings. The molecule has 2 heterocycles. The SMILES string of the molecule is Cc1nc(C)c(C(OC(C)(C)C)C(=O)O)c(N2CCC(C)(C)CC2)c1C=Cc1ccc(C(F)(F)F)cc1. The van der Waals surface area contributed by atoms with Gasteiger partial charge in [-0.1, -0.05) is 38.1 Å². The molecule has 3 rings (SSSR count). The van der Waals surface area contributed by atoms with E-state index in [1.807, 2.05) is 33.8 Å². The Hall–Kier alpha value is -2.87. The highest BCUT2D eigenvalue weighted by molar-refractivity contribution is 5.85. The summed E-state index contributed by atoms with van der Waals surface area (Å²) >= 11 is 0. The number of pyridine rings is 1. The molecular weight excluding hydrogens is 481 g/mol. The van der Waals surface area contributed by atoms with E-state index in [-0.39, 0.29) is 5.41 Å². The third kappa shape index (κ3) is 7.12. The van der Waals surface area contributed by atoms with Gasteiger partial charge in [0.2, 0.25) is 0 Å². The molecule has 1 aromatic heterocycles. The molecule has 0 amide bonds. The summed E-state index contributed by atoms with van der Waals surface area (Å²) in [5, 5.41) is 10.2. The van der Waals surface area contributed by atoms with Gasteiger partial charge in [-0.2, -0.15) is 13.2 Å². The van der Waals surface area contributed by atoms with Crippen LogP contribution in [0.15, 0.2) is 24.3 Å². The van der Waals surface area contributed by atoms with Crippen molar-refractivity contribution in [2.45, 2.75) is 79.2 Å². The molecule has 8 heteroatoms. The first-order chi connectivity index (χ1) is 17.0. The molecule has 1 saturated heterocycles. The van der Waals surface area contributed by atoms with E-state index in [1.165, 1.54) is 12.1 Å². The molecule has 37 heavy (non-hydrogen) atoms. The maximum Gasteiger partial charge on any atom is 0.416 e. The number of rotatable bonds is 6. The average molecular weight is 519 g/mol. The number of nitrogens with zero attached hydrogens (tertiary/aromatic N) is 2. The van der Waals surface area contributed by atoms with Crippen LogP contribution < -0.4 is 4.90 Å². The Balaban J connectivity index is 2.17. The van der Waals surface area contributed by atoms with Crippen molar-refractivity contribution in [3.8, 4) is 0 Å². The number of anilines is 1. The Kier molecular flexibility index (Phi) is 8.13. The van der Waals surface area contributed by atoms with Gasteiger partial charge in [0, 0.05) is 35.6 Å². The largest absolute Gasteiger partial charge is 0.479 e. The second-order valence-electron chi connectivity index (χ2n) is 11.5. The van der Waals surface area contributed by atoms with Gasteiger partial charge >= 0.3 is 12.1 Å². The second-order valence-corrected chi connectivity index (χ2v) is 11.5. The van der Waals surface area contributed by atoms with E-state index in [0.29, 0.717) is 22.5 Å². The summed E-state index contributed by atoms with van der Waals surface area (Å²) in [6.45, 7) is 15.0. The second kappa shape index (κ2) is 10.5. The summed E-state index contributed by atoms with van der Waals surface area (Å²) in [5.41, 5.74) is 2.67. The van der Waals surface area contributed by atoms with Crippen LogP contribution in [0.1, 0.15) is 87.2 Å². The number of alkyl halides is 3. The first-order valence-corrected chi connectivity index (χ1v) is 12.5. The minimum atomic E-state index is -4.40. The molecule has 1 atom stereocenters. The number of aryl methyl sites for hydroxylation is 2. The van der Waals surface area contributed by atoms with E-state index in [0.717, 1.165) is 49.3 Å². The van der Waals surface area contributed by atoms with Crippen molar-refractivity contribution in [1.82, 2.24) is 4.98 Å². The zero-order chi connectivity index (χ0) is 27.8. The van der Waals surface area contributed by atoms with Gasteiger partial charge < -0.3 is 14.7 Å². The van der Waals surface area contributed by atoms with Crippen molar-refractivity contribution in [2.75, 3.05) is 18.0 Å². The van der Waals surface area contributed by atoms with Crippen molar-refractivity contribution in [2.24, 2.45) is 5.41 Å². The summed E-state index contributed by atoms with van der Waals surface area (Å²) < 4.78 is 45.0. The number of carboxylic acids is 1. The fraction of sp³-hybridized carbons (Fsp3) is 0.517. The van der Waals surface area contributed by atoms with E-state index in [1.54, 1.807) is 13.0 Å². The van der Waals surface area contributed by atoms with Crippen LogP contribution in [0.2, 0.25) is 0 Å². The molecule has 0 aliphatic carbocycles. The Bertz CT molecular complexity index is 1150. The first-order valence-electron chi connectivity index (χ1n) is 12.5. The minimum absolute atomic E-state index is 0.179. The highest BCUT2D eigenvalue weighted by Crippen LogP contribution is 2.41. The summed E-state index contributed by atoms with van der Waals surface area (Å²) in [7, 11) is 0. The van der Waals surface area contributed by atoms with Crippen LogP contribution in [0.25, 0.3) is 12.2 Å². The molecule has 0 saturated carbocycles. The number of aromatic nitrogens is 1. The quantitative estimate of drug-likeness (QED) is 0.430. The number of carboxylic acid groups (broad SMARTS) is 1. The number of piperidine rings is 1. The number of hydrogen-bond acceptors (Lipinski definition) is 4. The van der Waals surface area contributed by atoms with Crippen LogP contribution in [-0.2, 0) is 15.7 Å². The average Bonchev–Trinajstić information content (AvgIpc) is 2.76. The topological polar surface area (TPSA) is 62.7 Å². The van der Waals surface area contributed by atoms with Gasteiger partial charge in [0.15, 0.2) is 6.10 Å². The lowest BCUT2D eigenvalue weighted by Gasteiger charge is -2.41. The maximum absolute atomic E-state index is 13.0. The molecule has 202 valence electrons. The lowest BCUT2D eigenvalue weighted by atomic mass is 9.82. The number of carbonyl (C=O) groups is 1. The number of benzene rings is 1. The molecule has 1 aliphatic heterocycles. The van der Waals surface area contributed by atoms with Crippen LogP contribution in [-0.4, -0.2) is 34.8 Å². The summed E-state index contributed by atoms with van der Waals surface area (Å²) in [6.07, 6.45) is -0.196. The van der Waals surface area contributed by atoms with Crippen LogP contribution in [0.4, 0.5) is 18.9 Å². The molecule has 0 bridgehead atoms. The van der Waals surface area contributed by atoms with Crippen molar-refractivity contribution in [3.05, 3.63) is 57.9 Å². The number of ether oxygens (including phenoxy) is 1. The molecule has 5 nitrogen and oxygen atoms in total. The van der Waals surface area contributed by atoms with E-state index in [4.69, 9.17) is 4.74 Å². The molecule has 1 aliphatic rings. The summed E-state index contributed by atoms with van der Waals surface area (Å²) in [4.78, 5) is 19.4. The predicted molar refractivity (Wildman–Crippen MR) is 141 cm³/mol. The van der Waals surface area contributed by atoms with Gasteiger partial charge in [0.05, 0.1) is 16.9 Å². The zero-order valence-corrected chi connectivity index (χ0v) is 22.7. The monoisotopic (exact) mass is 518 g/mol. The van der Waals surface area contributed by atoms with Crippen LogP contribution in [0.3, 0.4) is 0 Å². The third-order valence-electron chi connectivity index (χ3n) is 6.70. The Morgan fingerprint density at radius 2 is 1.62 bits per heavy atom. The van der Waals surface area contributed by atoms with Gasteiger partial charge in [-0.3, -0.25) is 4.98 Å². The third-order valence-corrected chi connectivity index (χ3v) is 6.70. The van der Waals surface area contributed by atoms with E-state index in [9.17, 15) is 23.1 Å². The van der Waals surface area contributed by atoms with E-state index >= 15 is 0 Å². The highest BCUT2D eigenvalue weighted by Gasteiger charge is 2.36. The number of aliphatic carboxylic acids is 1. The first kappa shape index (κ1) is 28.7. The molecule has 2 aromatic rings. The van der Waals surface area contributed by atoms with Crippen molar-refractivity contribution in [3.63, 3.8) is 0 Å². The maximum atomic E-state index is 13.0. The fourth-order valence-corrected chi connectivity index (χ4v) is 4.60. The zero-order valence-electron chi connectivity index (χ0n) is 22.7. The van der Waals surface area contributed by atoms with Gasteiger partial charge in [-0.25, -0.2) is 4.79 Å². The van der Waals surface area contributed by atoms with Crippen molar-refractivity contribution in [1.29, 1.82) is 0 Å². The van der Waals surface area contributed by atoms with Gasteiger partial charge in [-0.05, 0) is 70.6 Å². The van der Waals surface area contributed by atoms with Gasteiger partial charge in [0.1, 0.15) is 0 Å². The molecule has 1 N–H and O–H groups in total. The molecular formula is C29H37F3N2O3. The van der Waals surface area contributed by atoms with E-state index in [2.05, 4.69) is 23.7 Å². The van der Waals surface area contributed by atoms with Crippen LogP contribution in [0.5, 0.6) is 0 Å². The molecule has 1 aromatic carbocycles. The van der Waals surface area contributed by atoms with Crippen molar-refractivity contribution < 1.29 is 27.8 Å². The molecule has 0 spiro atoms. The van der Waals surface area contributed by atoms with Crippen LogP contribution >= 0.6 is 0 Å². The lowest BCUT2D eigenvalue weighted by Crippen LogP contribution is -2.39. The van der Waals surface area contributed by atoms with Gasteiger partial charge in [0.25, 0.3) is 0 Å². The standard InChI is InChI=1S/C29H37F3N2O3/c1-18-22(13-10-20-8-11-21(12-9-20)29(30,31)32)24(34-16-14-28(6,7)15-17-34)23(19(2)33-18)25(26(35)36)37-27(3,4)5/h8-13,25H,14-17H2,1-7H3,(H,35,36). The summed E-state index contributed by atoms with van der Waals surface area (Å²) in [5.74, 6) is -1.10. The number of halogens is 3. The van der Waals surface area contributed by atoms with E-state index < -0.39 is 29.4 Å². The summed E-state index contributed by atoms with van der Waals surface area (Å²) in [6, 6.07) is 4.94. The molecule has 0 radical (unpaired) electrons. The fourth-order valence-electron chi connectivity index (χ4n) is 4.60. The highest BCUT2D eigenvalue weighted by atomic mass is 19.4. The predicted octanol–water partition coefficient (Wildman–Crippen LogP) is 7.45. The number of hydrogen-bond donors (Lipinski definition) is 1. The Morgan fingerprint density at radius 1 is 1.05 bits per heavy atom. The normalized spacial score (nSPS) is 17.3. The van der Waals surface area contributed by atoms with Crippen molar-refractivity contribution >= 4 is 23.8 Å². The lowest BCUT2D eigenvalue weighted by molar-refractivity contribution is -0.160. The minimum Gasteiger partial charge on any atom is -0.479 e. The van der Waals surface area contributed by atoms with Gasteiger partial charge in [-0.15, -0.1) is 0 Å². The smallest absolute Gasteiger partial charge is 0.416 e. The Morgan fingerprint density at radius 3 is 2.11 bits per heavy atom.